The van der Waals surface area contributed by atoms with Crippen molar-refractivity contribution < 1.29 is 13.9 Å². The normalized spacial score (nSPS) is 10.8. The number of ether oxygens (including phenoxy) is 1. The van der Waals surface area contributed by atoms with Crippen LogP contribution >= 0.6 is 11.6 Å². The number of aromatic amines is 1. The predicted molar refractivity (Wildman–Crippen MR) is 110 cm³/mol. The molecule has 0 radical (unpaired) electrons. The third-order valence-electron chi connectivity index (χ3n) is 4.19. The molecule has 1 aromatic carbocycles. The Morgan fingerprint density at radius 1 is 1.27 bits per heavy atom. The van der Waals surface area contributed by atoms with Crippen molar-refractivity contribution in [1.29, 1.82) is 0 Å². The van der Waals surface area contributed by atoms with E-state index in [2.05, 4.69) is 20.4 Å². The lowest BCUT2D eigenvalue weighted by Crippen LogP contribution is -2.19. The van der Waals surface area contributed by atoms with E-state index in [1.165, 1.54) is 30.2 Å². The summed E-state index contributed by atoms with van der Waals surface area (Å²) in [6.45, 7) is 1.69. The summed E-state index contributed by atoms with van der Waals surface area (Å²) in [6, 6.07) is 11.1. The highest BCUT2D eigenvalue weighted by Crippen LogP contribution is 2.27. The Hall–Kier alpha value is -3.85. The van der Waals surface area contributed by atoms with E-state index in [0.29, 0.717) is 27.9 Å². The van der Waals surface area contributed by atoms with Gasteiger partial charge in [0.2, 0.25) is 5.95 Å². The Bertz CT molecular complexity index is 1280. The van der Waals surface area contributed by atoms with Crippen LogP contribution in [-0.4, -0.2) is 32.8 Å². The van der Waals surface area contributed by atoms with Crippen LogP contribution in [0.3, 0.4) is 0 Å². The number of amides is 1. The van der Waals surface area contributed by atoms with Gasteiger partial charge in [0.1, 0.15) is 17.3 Å². The number of hydrogen-bond donors (Lipinski definition) is 2. The van der Waals surface area contributed by atoms with Crippen LogP contribution in [0.1, 0.15) is 16.1 Å². The maximum Gasteiger partial charge on any atom is 0.260 e. The number of aryl methyl sites for hydroxylation is 1. The molecule has 10 heteroatoms. The van der Waals surface area contributed by atoms with Gasteiger partial charge >= 0.3 is 0 Å². The molecule has 3 aromatic heterocycles. The number of nitrogens with zero attached hydrogens (tertiary/aromatic N) is 3. The fourth-order valence-corrected chi connectivity index (χ4v) is 3.05. The maximum atomic E-state index is 13.0. The number of methoxy groups -OCH3 is 1. The van der Waals surface area contributed by atoms with Gasteiger partial charge < -0.3 is 14.5 Å². The van der Waals surface area contributed by atoms with Gasteiger partial charge in [-0.15, -0.1) is 0 Å². The first-order valence-electron chi connectivity index (χ1n) is 8.82. The lowest BCUT2D eigenvalue weighted by molar-refractivity contribution is 0.102. The second-order valence-electron chi connectivity index (χ2n) is 6.31. The number of rotatable bonds is 5. The first kappa shape index (κ1) is 19.5. The highest BCUT2D eigenvalue weighted by atomic mass is 35.5. The molecule has 0 saturated carbocycles. The zero-order chi connectivity index (χ0) is 21.3. The molecule has 0 spiro atoms. The first-order chi connectivity index (χ1) is 14.4. The van der Waals surface area contributed by atoms with Gasteiger partial charge in [-0.1, -0.05) is 11.6 Å². The molecule has 9 nitrogen and oxygen atoms in total. The Labute approximate surface area is 175 Å². The van der Waals surface area contributed by atoms with E-state index in [1.54, 1.807) is 37.3 Å². The van der Waals surface area contributed by atoms with E-state index in [9.17, 15) is 9.59 Å². The monoisotopic (exact) mass is 425 g/mol. The number of H-pyrrole nitrogens is 1. The Kier molecular flexibility index (Phi) is 5.11. The van der Waals surface area contributed by atoms with Crippen LogP contribution in [0, 0.1) is 6.92 Å². The highest BCUT2D eigenvalue weighted by molar-refractivity contribution is 6.31. The number of anilines is 1. The molecule has 0 aliphatic carbocycles. The molecule has 4 aromatic rings. The number of carbonyl (C=O) groups is 1. The number of nitrogens with one attached hydrogen (secondary N) is 2. The van der Waals surface area contributed by atoms with E-state index in [1.807, 2.05) is 0 Å². The Morgan fingerprint density at radius 2 is 2.10 bits per heavy atom. The summed E-state index contributed by atoms with van der Waals surface area (Å²) in [5.41, 5.74) is 0.833. The smallest absolute Gasteiger partial charge is 0.260 e. The van der Waals surface area contributed by atoms with Crippen molar-refractivity contribution >= 4 is 23.3 Å². The lowest BCUT2D eigenvalue weighted by Gasteiger charge is -2.11. The van der Waals surface area contributed by atoms with Gasteiger partial charge in [-0.05, 0) is 37.3 Å². The largest absolute Gasteiger partial charge is 0.496 e. The van der Waals surface area contributed by atoms with Crippen LogP contribution in [0.2, 0.25) is 5.02 Å². The molecule has 2 N–H and O–H groups in total. The van der Waals surface area contributed by atoms with Crippen molar-refractivity contribution in [3.8, 4) is 23.2 Å². The minimum absolute atomic E-state index is 0.145. The molecule has 4 rings (SSSR count). The van der Waals surface area contributed by atoms with Gasteiger partial charge in [0, 0.05) is 22.8 Å². The highest BCUT2D eigenvalue weighted by Gasteiger charge is 2.19. The predicted octanol–water partition coefficient (Wildman–Crippen LogP) is 3.44. The summed E-state index contributed by atoms with van der Waals surface area (Å²) in [7, 11) is 1.46. The molecular weight excluding hydrogens is 410 g/mol. The molecule has 3 heterocycles. The van der Waals surface area contributed by atoms with Crippen LogP contribution in [0.25, 0.3) is 17.4 Å². The third-order valence-corrected chi connectivity index (χ3v) is 4.42. The number of furan rings is 1. The van der Waals surface area contributed by atoms with Crippen molar-refractivity contribution in [1.82, 2.24) is 19.7 Å². The zero-order valence-corrected chi connectivity index (χ0v) is 16.7. The fraction of sp³-hybridized carbons (Fsp3) is 0.100. The van der Waals surface area contributed by atoms with E-state index in [0.717, 1.165) is 0 Å². The minimum Gasteiger partial charge on any atom is -0.496 e. The van der Waals surface area contributed by atoms with Gasteiger partial charge in [-0.3, -0.25) is 14.6 Å². The summed E-state index contributed by atoms with van der Waals surface area (Å²) >= 11 is 6.04. The quantitative estimate of drug-likeness (QED) is 0.506. The number of carbonyl (C=O) groups excluding carboxylic acids is 1. The second kappa shape index (κ2) is 7.88. The van der Waals surface area contributed by atoms with Crippen LogP contribution in [0.15, 0.2) is 57.9 Å². The van der Waals surface area contributed by atoms with Gasteiger partial charge in [-0.2, -0.15) is 9.78 Å². The number of aromatic nitrogens is 4. The van der Waals surface area contributed by atoms with E-state index >= 15 is 0 Å². The topological polar surface area (TPSA) is 115 Å². The molecular formula is C20H16ClN5O4. The van der Waals surface area contributed by atoms with Gasteiger partial charge in [-0.25, -0.2) is 4.98 Å². The summed E-state index contributed by atoms with van der Waals surface area (Å²) < 4.78 is 12.0. The van der Waals surface area contributed by atoms with E-state index in [4.69, 9.17) is 20.8 Å². The standard InChI is InChI=1S/C20H16ClN5O4/c1-11-8-18(27)24-20(22-11)26-17(10-14(25-26)16-4-3-7-30-16)23-19(28)13-9-12(21)5-6-15(13)29-2/h3-10H,1-2H3,(H,23,28)(H,22,24,27). The van der Waals surface area contributed by atoms with Gasteiger partial charge in [0.25, 0.3) is 11.5 Å². The fourth-order valence-electron chi connectivity index (χ4n) is 2.88. The summed E-state index contributed by atoms with van der Waals surface area (Å²) in [6.07, 6.45) is 1.51. The Balaban J connectivity index is 1.80. The summed E-state index contributed by atoms with van der Waals surface area (Å²) in [5, 5.41) is 7.58. The molecule has 0 unspecified atom stereocenters. The molecule has 30 heavy (non-hydrogen) atoms. The average molecular weight is 426 g/mol. The number of benzene rings is 1. The summed E-state index contributed by atoms with van der Waals surface area (Å²) in [5.74, 6) is 0.778. The maximum absolute atomic E-state index is 13.0. The molecule has 0 aliphatic rings. The minimum atomic E-state index is -0.475. The molecule has 0 aliphatic heterocycles. The van der Waals surface area contributed by atoms with Crippen molar-refractivity contribution in [2.24, 2.45) is 0 Å². The van der Waals surface area contributed by atoms with Crippen LogP contribution in [0.5, 0.6) is 5.75 Å². The van der Waals surface area contributed by atoms with Crippen LogP contribution in [0.4, 0.5) is 5.82 Å². The molecule has 1 amide bonds. The molecule has 0 atom stereocenters. The van der Waals surface area contributed by atoms with E-state index < -0.39 is 5.91 Å². The van der Waals surface area contributed by atoms with Crippen molar-refractivity contribution in [2.45, 2.75) is 6.92 Å². The SMILES string of the molecule is COc1ccc(Cl)cc1C(=O)Nc1cc(-c2ccco2)nn1-c1nc(C)cc(=O)[nH]1. The van der Waals surface area contributed by atoms with Crippen molar-refractivity contribution in [2.75, 3.05) is 12.4 Å². The van der Waals surface area contributed by atoms with Gasteiger partial charge in [0.15, 0.2) is 5.76 Å². The summed E-state index contributed by atoms with van der Waals surface area (Å²) in [4.78, 5) is 31.8. The van der Waals surface area contributed by atoms with Crippen LogP contribution < -0.4 is 15.6 Å². The number of halogens is 1. The average Bonchev–Trinajstić information content (AvgIpc) is 3.37. The van der Waals surface area contributed by atoms with E-state index in [-0.39, 0.29) is 22.9 Å². The van der Waals surface area contributed by atoms with Crippen LogP contribution in [-0.2, 0) is 0 Å². The zero-order valence-electron chi connectivity index (χ0n) is 16.0. The van der Waals surface area contributed by atoms with Crippen molar-refractivity contribution in [3.05, 3.63) is 75.4 Å². The molecule has 0 fully saturated rings. The molecule has 0 saturated heterocycles. The first-order valence-corrected chi connectivity index (χ1v) is 9.19. The lowest BCUT2D eigenvalue weighted by atomic mass is 10.2. The third kappa shape index (κ3) is 3.83. The van der Waals surface area contributed by atoms with Gasteiger partial charge in [0.05, 0.1) is 18.9 Å². The molecule has 152 valence electrons. The second-order valence-corrected chi connectivity index (χ2v) is 6.75. The Morgan fingerprint density at radius 3 is 2.80 bits per heavy atom. The molecule has 0 bridgehead atoms. The van der Waals surface area contributed by atoms with Crippen molar-refractivity contribution in [3.63, 3.8) is 0 Å². The number of hydrogen-bond acceptors (Lipinski definition) is 6.